The van der Waals surface area contributed by atoms with E-state index in [1.54, 1.807) is 0 Å². The summed E-state index contributed by atoms with van der Waals surface area (Å²) in [6, 6.07) is -0.191. The number of imide groups is 1. The predicted octanol–water partition coefficient (Wildman–Crippen LogP) is 0.911. The van der Waals surface area contributed by atoms with Crippen LogP contribution in [0.5, 0.6) is 0 Å². The van der Waals surface area contributed by atoms with Crippen LogP contribution in [0.1, 0.15) is 27.7 Å². The number of anilines is 3. The molecule has 9 heteroatoms. The molecule has 0 radical (unpaired) electrons. The summed E-state index contributed by atoms with van der Waals surface area (Å²) in [5, 5.41) is 6.16. The molecule has 1 aromatic rings. The predicted molar refractivity (Wildman–Crippen MR) is 82.9 cm³/mol. The molecule has 9 nitrogen and oxygen atoms in total. The molecule has 0 atom stereocenters. The summed E-state index contributed by atoms with van der Waals surface area (Å²) >= 11 is 0. The highest BCUT2D eigenvalue weighted by Gasteiger charge is 2.36. The maximum atomic E-state index is 12.1. The van der Waals surface area contributed by atoms with E-state index >= 15 is 0 Å². The fraction of sp³-hybridized carbons (Fsp3) is 0.615. The zero-order valence-electron chi connectivity index (χ0n) is 13.4. The topological polar surface area (TPSA) is 103 Å². The molecule has 2 rings (SSSR count). The minimum absolute atomic E-state index is 0.0679. The second kappa shape index (κ2) is 6.12. The number of likely N-dealkylation sites (N-methyl/N-ethyl adjacent to an activating group) is 1. The van der Waals surface area contributed by atoms with E-state index in [0.717, 1.165) is 4.90 Å². The second-order valence-electron chi connectivity index (χ2n) is 5.70. The molecule has 0 unspecified atom stereocenters. The fourth-order valence-electron chi connectivity index (χ4n) is 1.88. The first-order valence-electron chi connectivity index (χ1n) is 7.15. The fourth-order valence-corrected chi connectivity index (χ4v) is 1.88. The van der Waals surface area contributed by atoms with E-state index in [9.17, 15) is 9.59 Å². The summed E-state index contributed by atoms with van der Waals surface area (Å²) < 4.78 is 0. The van der Waals surface area contributed by atoms with E-state index in [4.69, 9.17) is 0 Å². The van der Waals surface area contributed by atoms with Crippen molar-refractivity contribution in [2.24, 2.45) is 0 Å². The number of carbonyl (C=O) groups is 2. The maximum Gasteiger partial charge on any atom is 0.333 e. The Labute approximate surface area is 129 Å². The molecule has 0 aliphatic carbocycles. The molecule has 1 aliphatic heterocycles. The molecule has 2 N–H and O–H groups in total. The number of hydrogen-bond donors (Lipinski definition) is 2. The third-order valence-electron chi connectivity index (χ3n) is 2.89. The highest BCUT2D eigenvalue weighted by Crippen LogP contribution is 2.19. The summed E-state index contributed by atoms with van der Waals surface area (Å²) in [6.45, 7) is 7.75. The number of aromatic nitrogens is 3. The lowest BCUT2D eigenvalue weighted by Crippen LogP contribution is -2.31. The van der Waals surface area contributed by atoms with Crippen LogP contribution >= 0.6 is 0 Å². The molecule has 1 aliphatic rings. The first-order chi connectivity index (χ1) is 10.3. The van der Waals surface area contributed by atoms with Crippen molar-refractivity contribution in [1.82, 2.24) is 19.9 Å². The SMILES string of the molecule is CC(C)Nc1nc(NC(C)C)nc(N2CC(=O)N(C)C2=O)n1. The lowest BCUT2D eigenvalue weighted by molar-refractivity contribution is -0.123. The van der Waals surface area contributed by atoms with Crippen LogP contribution in [-0.2, 0) is 4.79 Å². The monoisotopic (exact) mass is 307 g/mol. The van der Waals surface area contributed by atoms with E-state index in [-0.39, 0.29) is 30.5 Å². The molecule has 1 aromatic heterocycles. The van der Waals surface area contributed by atoms with Crippen LogP contribution in [0.15, 0.2) is 0 Å². The van der Waals surface area contributed by atoms with Crippen molar-refractivity contribution in [2.45, 2.75) is 39.8 Å². The molecule has 0 bridgehead atoms. The van der Waals surface area contributed by atoms with Gasteiger partial charge in [0.1, 0.15) is 6.54 Å². The van der Waals surface area contributed by atoms with Gasteiger partial charge in [-0.05, 0) is 27.7 Å². The summed E-state index contributed by atoms with van der Waals surface area (Å²) in [5.41, 5.74) is 0. The Morgan fingerprint density at radius 3 is 1.82 bits per heavy atom. The first-order valence-corrected chi connectivity index (χ1v) is 7.15. The molecule has 0 spiro atoms. The smallest absolute Gasteiger partial charge is 0.333 e. The lowest BCUT2D eigenvalue weighted by atomic mass is 10.4. The third kappa shape index (κ3) is 3.41. The minimum Gasteiger partial charge on any atom is -0.352 e. The van der Waals surface area contributed by atoms with E-state index < -0.39 is 6.03 Å². The number of amides is 3. The molecular weight excluding hydrogens is 286 g/mol. The number of carbonyl (C=O) groups excluding carboxylic acids is 2. The van der Waals surface area contributed by atoms with Crippen LogP contribution in [0, 0.1) is 0 Å². The normalized spacial score (nSPS) is 15.2. The van der Waals surface area contributed by atoms with Crippen molar-refractivity contribution in [3.63, 3.8) is 0 Å². The van der Waals surface area contributed by atoms with Crippen molar-refractivity contribution in [3.8, 4) is 0 Å². The number of nitrogens with zero attached hydrogens (tertiary/aromatic N) is 5. The molecule has 1 fully saturated rings. The van der Waals surface area contributed by atoms with Gasteiger partial charge in [-0.25, -0.2) is 4.79 Å². The standard InChI is InChI=1S/C13H21N7O2/c1-7(2)14-10-16-11(15-8(3)4)18-12(17-10)20-6-9(21)19(5)13(20)22/h7-8H,6H2,1-5H3,(H2,14,15,16,17,18). The van der Waals surface area contributed by atoms with Crippen LogP contribution in [0.4, 0.5) is 22.6 Å². The molecule has 120 valence electrons. The Balaban J connectivity index is 2.37. The van der Waals surface area contributed by atoms with Gasteiger partial charge in [-0.2, -0.15) is 15.0 Å². The Bertz CT molecular complexity index is 560. The summed E-state index contributed by atoms with van der Waals surface area (Å²) in [4.78, 5) is 38.8. The number of nitrogens with one attached hydrogen (secondary N) is 2. The molecule has 1 saturated heterocycles. The quantitative estimate of drug-likeness (QED) is 0.779. The Morgan fingerprint density at radius 2 is 1.45 bits per heavy atom. The summed E-state index contributed by atoms with van der Waals surface area (Å²) in [5.74, 6) is 0.585. The van der Waals surface area contributed by atoms with Gasteiger partial charge in [-0.15, -0.1) is 0 Å². The summed E-state index contributed by atoms with van der Waals surface area (Å²) in [6.07, 6.45) is 0. The van der Waals surface area contributed by atoms with Crippen molar-refractivity contribution in [3.05, 3.63) is 0 Å². The molecular formula is C13H21N7O2. The second-order valence-corrected chi connectivity index (χ2v) is 5.70. The zero-order valence-corrected chi connectivity index (χ0v) is 13.4. The van der Waals surface area contributed by atoms with Crippen LogP contribution in [0.25, 0.3) is 0 Å². The van der Waals surface area contributed by atoms with Gasteiger partial charge >= 0.3 is 6.03 Å². The first kappa shape index (κ1) is 15.9. The molecule has 0 saturated carbocycles. The molecule has 22 heavy (non-hydrogen) atoms. The Morgan fingerprint density at radius 1 is 0.955 bits per heavy atom. The largest absolute Gasteiger partial charge is 0.352 e. The maximum absolute atomic E-state index is 12.1. The molecule has 0 aromatic carbocycles. The lowest BCUT2D eigenvalue weighted by Gasteiger charge is -2.17. The zero-order chi connectivity index (χ0) is 16.4. The highest BCUT2D eigenvalue weighted by atomic mass is 16.2. The Hall–Kier alpha value is -2.45. The van der Waals surface area contributed by atoms with Crippen molar-refractivity contribution in [1.29, 1.82) is 0 Å². The van der Waals surface area contributed by atoms with E-state index in [2.05, 4.69) is 25.6 Å². The van der Waals surface area contributed by atoms with Gasteiger partial charge < -0.3 is 10.6 Å². The number of rotatable bonds is 5. The third-order valence-corrected chi connectivity index (χ3v) is 2.89. The average molecular weight is 307 g/mol. The average Bonchev–Trinajstić information content (AvgIpc) is 2.64. The summed E-state index contributed by atoms with van der Waals surface area (Å²) in [7, 11) is 1.44. The van der Waals surface area contributed by atoms with Crippen LogP contribution < -0.4 is 15.5 Å². The molecule has 2 heterocycles. The van der Waals surface area contributed by atoms with Gasteiger partial charge in [0, 0.05) is 19.1 Å². The van der Waals surface area contributed by atoms with E-state index in [1.165, 1.54) is 11.9 Å². The van der Waals surface area contributed by atoms with Gasteiger partial charge in [-0.3, -0.25) is 14.6 Å². The Kier molecular flexibility index (Phi) is 4.43. The number of urea groups is 1. The van der Waals surface area contributed by atoms with Crippen molar-refractivity contribution < 1.29 is 9.59 Å². The van der Waals surface area contributed by atoms with Gasteiger partial charge in [0.15, 0.2) is 0 Å². The van der Waals surface area contributed by atoms with Crippen molar-refractivity contribution in [2.75, 3.05) is 29.1 Å². The molecule has 3 amide bonds. The van der Waals surface area contributed by atoms with Crippen molar-refractivity contribution >= 4 is 29.8 Å². The minimum atomic E-state index is -0.442. The van der Waals surface area contributed by atoms with E-state index in [1.807, 2.05) is 27.7 Å². The van der Waals surface area contributed by atoms with E-state index in [0.29, 0.717) is 11.9 Å². The van der Waals surface area contributed by atoms with Gasteiger partial charge in [0.25, 0.3) is 5.91 Å². The van der Waals surface area contributed by atoms with Gasteiger partial charge in [0.2, 0.25) is 17.8 Å². The van der Waals surface area contributed by atoms with Gasteiger partial charge in [0.05, 0.1) is 0 Å². The number of hydrogen-bond acceptors (Lipinski definition) is 7. The van der Waals surface area contributed by atoms with Gasteiger partial charge in [-0.1, -0.05) is 0 Å². The van der Waals surface area contributed by atoms with Crippen LogP contribution in [-0.4, -0.2) is 57.5 Å². The highest BCUT2D eigenvalue weighted by molar-refractivity contribution is 6.11. The van der Waals surface area contributed by atoms with Crippen LogP contribution in [0.3, 0.4) is 0 Å². The van der Waals surface area contributed by atoms with Crippen LogP contribution in [0.2, 0.25) is 0 Å².